The van der Waals surface area contributed by atoms with Crippen LogP contribution in [0.15, 0.2) is 0 Å². The van der Waals surface area contributed by atoms with Gasteiger partial charge in [-0.15, -0.1) is 6.42 Å². The Morgan fingerprint density at radius 2 is 1.88 bits per heavy atom. The van der Waals surface area contributed by atoms with Crippen molar-refractivity contribution < 1.29 is 14.3 Å². The number of nitrogens with one attached hydrogen (secondary N) is 1. The molecule has 0 aromatic heterocycles. The number of hydrogen-bond acceptors (Lipinski definition) is 3. The van der Waals surface area contributed by atoms with Crippen molar-refractivity contribution in [1.29, 1.82) is 0 Å². The Kier molecular flexibility index (Phi) is 6.24. The molecule has 0 aliphatic carbocycles. The highest BCUT2D eigenvalue weighted by atomic mass is 16.5. The number of esters is 1. The molecule has 90 valence electrons. The molecule has 0 saturated carbocycles. The largest absolute Gasteiger partial charge is 0.463 e. The van der Waals surface area contributed by atoms with Crippen LogP contribution in [0.25, 0.3) is 0 Å². The van der Waals surface area contributed by atoms with Crippen LogP contribution >= 0.6 is 0 Å². The zero-order chi connectivity index (χ0) is 12.7. The van der Waals surface area contributed by atoms with Crippen molar-refractivity contribution in [2.24, 2.45) is 11.8 Å². The maximum atomic E-state index is 11.5. The van der Waals surface area contributed by atoms with Crippen LogP contribution in [0.1, 0.15) is 27.7 Å². The summed E-state index contributed by atoms with van der Waals surface area (Å²) in [5.41, 5.74) is 0. The van der Waals surface area contributed by atoms with Gasteiger partial charge >= 0.3 is 5.97 Å². The van der Waals surface area contributed by atoms with Crippen molar-refractivity contribution >= 4 is 11.9 Å². The van der Waals surface area contributed by atoms with E-state index in [0.29, 0.717) is 6.61 Å². The third-order valence-corrected chi connectivity index (χ3v) is 1.77. The highest BCUT2D eigenvalue weighted by Gasteiger charge is 2.21. The highest BCUT2D eigenvalue weighted by molar-refractivity contribution is 5.87. The van der Waals surface area contributed by atoms with Gasteiger partial charge in [0.1, 0.15) is 0 Å². The number of hydrogen-bond donors (Lipinski definition) is 1. The normalized spacial score (nSPS) is 12.1. The predicted molar refractivity (Wildman–Crippen MR) is 61.4 cm³/mol. The van der Waals surface area contributed by atoms with Crippen LogP contribution < -0.4 is 5.32 Å². The molecule has 4 heteroatoms. The van der Waals surface area contributed by atoms with E-state index >= 15 is 0 Å². The maximum absolute atomic E-state index is 11.5. The van der Waals surface area contributed by atoms with Crippen LogP contribution in [0.2, 0.25) is 0 Å². The molecule has 0 aliphatic heterocycles. The molecule has 0 heterocycles. The first-order valence-electron chi connectivity index (χ1n) is 5.31. The topological polar surface area (TPSA) is 55.4 Å². The van der Waals surface area contributed by atoms with Crippen LogP contribution in [-0.4, -0.2) is 24.5 Å². The molecule has 0 aliphatic rings. The first-order valence-corrected chi connectivity index (χ1v) is 5.31. The van der Waals surface area contributed by atoms with Crippen molar-refractivity contribution in [3.8, 4) is 12.3 Å². The molecule has 0 radical (unpaired) electrons. The maximum Gasteiger partial charge on any atom is 0.341 e. The van der Waals surface area contributed by atoms with E-state index in [1.54, 1.807) is 13.8 Å². The first-order chi connectivity index (χ1) is 7.38. The van der Waals surface area contributed by atoms with Crippen LogP contribution in [0.3, 0.4) is 0 Å². The van der Waals surface area contributed by atoms with E-state index in [9.17, 15) is 9.59 Å². The van der Waals surface area contributed by atoms with Crippen molar-refractivity contribution in [2.45, 2.75) is 33.7 Å². The van der Waals surface area contributed by atoms with Crippen LogP contribution in [0.5, 0.6) is 0 Å². The van der Waals surface area contributed by atoms with Gasteiger partial charge < -0.3 is 10.1 Å². The van der Waals surface area contributed by atoms with E-state index in [0.717, 1.165) is 0 Å². The molecule has 0 bridgehead atoms. The number of rotatable bonds is 5. The summed E-state index contributed by atoms with van der Waals surface area (Å²) in [5, 5.41) is 2.44. The Labute approximate surface area is 96.7 Å². The zero-order valence-corrected chi connectivity index (χ0v) is 10.2. The summed E-state index contributed by atoms with van der Waals surface area (Å²) in [5.74, 6) is 1.39. The van der Waals surface area contributed by atoms with E-state index in [4.69, 9.17) is 11.2 Å². The molecule has 1 amide bonds. The lowest BCUT2D eigenvalue weighted by molar-refractivity contribution is -0.147. The molecule has 0 rings (SSSR count). The van der Waals surface area contributed by atoms with Crippen molar-refractivity contribution in [2.75, 3.05) is 6.61 Å². The van der Waals surface area contributed by atoms with Gasteiger partial charge in [-0.25, -0.2) is 4.79 Å². The highest BCUT2D eigenvalue weighted by Crippen LogP contribution is 1.98. The second kappa shape index (κ2) is 6.89. The van der Waals surface area contributed by atoms with Gasteiger partial charge in [-0.2, -0.15) is 0 Å². The Bertz CT molecular complexity index is 289. The van der Waals surface area contributed by atoms with E-state index in [-0.39, 0.29) is 17.7 Å². The van der Waals surface area contributed by atoms with E-state index in [1.165, 1.54) is 0 Å². The Hall–Kier alpha value is -1.50. The summed E-state index contributed by atoms with van der Waals surface area (Å²) < 4.78 is 4.94. The van der Waals surface area contributed by atoms with Crippen molar-refractivity contribution in [1.82, 2.24) is 5.32 Å². The van der Waals surface area contributed by atoms with Crippen molar-refractivity contribution in [3.05, 3.63) is 0 Å². The minimum absolute atomic E-state index is 0.214. The molecule has 0 saturated heterocycles. The van der Waals surface area contributed by atoms with Gasteiger partial charge in [-0.05, 0) is 5.92 Å². The summed E-state index contributed by atoms with van der Waals surface area (Å²) >= 11 is 0. The summed E-state index contributed by atoms with van der Waals surface area (Å²) in [7, 11) is 0. The molecule has 0 fully saturated rings. The Balaban J connectivity index is 4.24. The van der Waals surface area contributed by atoms with E-state index < -0.39 is 12.0 Å². The zero-order valence-electron chi connectivity index (χ0n) is 10.2. The van der Waals surface area contributed by atoms with Gasteiger partial charge in [-0.1, -0.05) is 33.6 Å². The fourth-order valence-corrected chi connectivity index (χ4v) is 0.810. The fraction of sp³-hybridized carbons (Fsp3) is 0.667. The predicted octanol–water partition coefficient (Wildman–Crippen LogP) is 0.960. The molecule has 0 spiro atoms. The SMILES string of the molecule is C#C[C@H](NC(=O)C(C)C)C(=O)OCC(C)C. The number of ether oxygens (including phenoxy) is 1. The summed E-state index contributed by atoms with van der Waals surface area (Å²) in [6.07, 6.45) is 5.16. The van der Waals surface area contributed by atoms with E-state index in [1.807, 2.05) is 13.8 Å². The number of carbonyl (C=O) groups is 2. The van der Waals surface area contributed by atoms with Crippen LogP contribution in [0, 0.1) is 24.2 Å². The second-order valence-electron chi connectivity index (χ2n) is 4.29. The van der Waals surface area contributed by atoms with Crippen molar-refractivity contribution in [3.63, 3.8) is 0 Å². The molecular formula is C12H19NO3. The smallest absolute Gasteiger partial charge is 0.341 e. The third-order valence-electron chi connectivity index (χ3n) is 1.77. The fourth-order valence-electron chi connectivity index (χ4n) is 0.810. The van der Waals surface area contributed by atoms with Crippen LogP contribution in [-0.2, 0) is 14.3 Å². The Morgan fingerprint density at radius 1 is 1.31 bits per heavy atom. The van der Waals surface area contributed by atoms with Gasteiger partial charge in [0.15, 0.2) is 6.04 Å². The van der Waals surface area contributed by atoms with Gasteiger partial charge in [-0.3, -0.25) is 4.79 Å². The van der Waals surface area contributed by atoms with Gasteiger partial charge in [0.2, 0.25) is 5.91 Å². The molecule has 1 N–H and O–H groups in total. The lowest BCUT2D eigenvalue weighted by atomic mass is 10.2. The minimum atomic E-state index is -0.992. The number of amides is 1. The van der Waals surface area contributed by atoms with Crippen LogP contribution in [0.4, 0.5) is 0 Å². The molecule has 4 nitrogen and oxygen atoms in total. The summed E-state index contributed by atoms with van der Waals surface area (Å²) in [4.78, 5) is 22.8. The Morgan fingerprint density at radius 3 is 2.25 bits per heavy atom. The molecule has 0 unspecified atom stereocenters. The number of terminal acetylenes is 1. The van der Waals surface area contributed by atoms with E-state index in [2.05, 4.69) is 11.2 Å². The monoisotopic (exact) mass is 225 g/mol. The molecule has 0 aromatic carbocycles. The average Bonchev–Trinajstić information content (AvgIpc) is 2.21. The standard InChI is InChI=1S/C12H19NO3/c1-6-10(13-11(14)9(4)5)12(15)16-7-8(2)3/h1,8-10H,7H2,2-5H3,(H,13,14)/t10-/m0/s1. The lowest BCUT2D eigenvalue weighted by Gasteiger charge is -2.14. The lowest BCUT2D eigenvalue weighted by Crippen LogP contribution is -2.42. The van der Waals surface area contributed by atoms with Gasteiger partial charge in [0.05, 0.1) is 6.61 Å². The summed E-state index contributed by atoms with van der Waals surface area (Å²) in [6, 6.07) is -0.992. The third kappa shape index (κ3) is 5.40. The minimum Gasteiger partial charge on any atom is -0.463 e. The molecule has 0 aromatic rings. The second-order valence-corrected chi connectivity index (χ2v) is 4.29. The van der Waals surface area contributed by atoms with Gasteiger partial charge in [0.25, 0.3) is 0 Å². The quantitative estimate of drug-likeness (QED) is 0.560. The first kappa shape index (κ1) is 14.5. The average molecular weight is 225 g/mol. The van der Waals surface area contributed by atoms with Gasteiger partial charge in [0, 0.05) is 5.92 Å². The molecule has 1 atom stereocenters. The summed E-state index contributed by atoms with van der Waals surface area (Å²) in [6.45, 7) is 7.59. The molecule has 16 heavy (non-hydrogen) atoms. The number of carbonyl (C=O) groups excluding carboxylic acids is 2. The molecular weight excluding hydrogens is 206 g/mol.